The maximum Gasteiger partial charge on any atom is 0.261 e. The molecule has 1 fully saturated rings. The first kappa shape index (κ1) is 17.0. The van der Waals surface area contributed by atoms with Crippen molar-refractivity contribution < 1.29 is 14.3 Å². The number of rotatable bonds is 4. The molecule has 0 bridgehead atoms. The van der Waals surface area contributed by atoms with Crippen LogP contribution in [0.4, 0.5) is 0 Å². The number of carbonyl (C=O) groups excluding carboxylic acids is 2. The molecule has 2 heterocycles. The van der Waals surface area contributed by atoms with Gasteiger partial charge in [-0.05, 0) is 24.3 Å². The van der Waals surface area contributed by atoms with Crippen LogP contribution in [0.3, 0.4) is 0 Å². The van der Waals surface area contributed by atoms with E-state index >= 15 is 0 Å². The zero-order valence-electron chi connectivity index (χ0n) is 13.3. The molecular weight excluding hydrogens is 300 g/mol. The van der Waals surface area contributed by atoms with Gasteiger partial charge in [0, 0.05) is 24.4 Å². The number of primary amides is 1. The third-order valence-electron chi connectivity index (χ3n) is 3.93. The lowest BCUT2D eigenvalue weighted by molar-refractivity contribution is -0.0839. The number of hydrogen-bond donors (Lipinski definition) is 2. The number of amides is 2. The minimum atomic E-state index is -0.510. The Kier molecular flexibility index (Phi) is 5.24. The summed E-state index contributed by atoms with van der Waals surface area (Å²) in [6.45, 7) is 7.87. The van der Waals surface area contributed by atoms with E-state index in [0.29, 0.717) is 22.9 Å². The standard InChI is InChI=1S/C16H24N2O3S/c1-16(2,3)13-10(5-4-6-21-13)8-18-15(20)12-7-11(9-22-12)14(17)19/h7,9-10,13H,4-6,8H2,1-3H3,(H2,17,19)(H,18,20)/t10-,13-/m1/s1. The summed E-state index contributed by atoms with van der Waals surface area (Å²) in [6.07, 6.45) is 2.22. The van der Waals surface area contributed by atoms with Gasteiger partial charge in [0.15, 0.2) is 0 Å². The first-order valence-electron chi connectivity index (χ1n) is 7.57. The summed E-state index contributed by atoms with van der Waals surface area (Å²) in [6, 6.07) is 1.54. The van der Waals surface area contributed by atoms with Crippen molar-refractivity contribution in [2.24, 2.45) is 17.1 Å². The Morgan fingerprint density at radius 1 is 1.45 bits per heavy atom. The molecule has 1 aliphatic heterocycles. The molecule has 1 saturated heterocycles. The average molecular weight is 324 g/mol. The Labute approximate surface area is 135 Å². The van der Waals surface area contributed by atoms with Gasteiger partial charge in [-0.2, -0.15) is 0 Å². The number of nitrogens with two attached hydrogens (primary N) is 1. The summed E-state index contributed by atoms with van der Waals surface area (Å²) < 4.78 is 5.92. The molecule has 1 aromatic rings. The van der Waals surface area contributed by atoms with Crippen molar-refractivity contribution in [1.82, 2.24) is 5.32 Å². The normalized spacial score (nSPS) is 22.3. The SMILES string of the molecule is CC(C)(C)[C@@H]1OCCC[C@@H]1CNC(=O)c1cc(C(N)=O)cs1. The van der Waals surface area contributed by atoms with Gasteiger partial charge in [0.1, 0.15) is 0 Å². The minimum absolute atomic E-state index is 0.0535. The summed E-state index contributed by atoms with van der Waals surface area (Å²) in [4.78, 5) is 23.8. The molecule has 0 saturated carbocycles. The molecule has 0 radical (unpaired) electrons. The van der Waals surface area contributed by atoms with E-state index in [-0.39, 0.29) is 17.4 Å². The molecule has 1 aliphatic rings. The van der Waals surface area contributed by atoms with Gasteiger partial charge < -0.3 is 15.8 Å². The molecule has 5 nitrogen and oxygen atoms in total. The second-order valence-corrected chi connectivity index (χ2v) is 7.74. The monoisotopic (exact) mass is 324 g/mol. The van der Waals surface area contributed by atoms with Gasteiger partial charge >= 0.3 is 0 Å². The molecule has 6 heteroatoms. The quantitative estimate of drug-likeness (QED) is 0.892. The van der Waals surface area contributed by atoms with E-state index in [4.69, 9.17) is 10.5 Å². The predicted molar refractivity (Wildman–Crippen MR) is 87.1 cm³/mol. The van der Waals surface area contributed by atoms with Crippen molar-refractivity contribution in [3.05, 3.63) is 21.9 Å². The Hall–Kier alpha value is -1.40. The van der Waals surface area contributed by atoms with Crippen LogP contribution >= 0.6 is 11.3 Å². The van der Waals surface area contributed by atoms with Crippen LogP contribution in [-0.4, -0.2) is 31.1 Å². The summed E-state index contributed by atoms with van der Waals surface area (Å²) in [5.74, 6) is -0.354. The molecular formula is C16H24N2O3S. The average Bonchev–Trinajstić information content (AvgIpc) is 2.94. The molecule has 2 amide bonds. The van der Waals surface area contributed by atoms with Crippen LogP contribution in [0, 0.1) is 11.3 Å². The largest absolute Gasteiger partial charge is 0.377 e. The first-order valence-corrected chi connectivity index (χ1v) is 8.45. The van der Waals surface area contributed by atoms with Gasteiger partial charge in [-0.1, -0.05) is 20.8 Å². The summed E-state index contributed by atoms with van der Waals surface area (Å²) >= 11 is 1.23. The van der Waals surface area contributed by atoms with E-state index in [0.717, 1.165) is 19.4 Å². The third-order valence-corrected chi connectivity index (χ3v) is 4.86. The van der Waals surface area contributed by atoms with Crippen molar-refractivity contribution in [2.75, 3.05) is 13.2 Å². The predicted octanol–water partition coefficient (Wildman–Crippen LogP) is 2.42. The lowest BCUT2D eigenvalue weighted by atomic mass is 9.78. The molecule has 3 N–H and O–H groups in total. The van der Waals surface area contributed by atoms with E-state index in [1.165, 1.54) is 11.3 Å². The van der Waals surface area contributed by atoms with E-state index < -0.39 is 5.91 Å². The third kappa shape index (κ3) is 4.08. The fourth-order valence-corrected chi connectivity index (χ4v) is 3.72. The van der Waals surface area contributed by atoms with Crippen molar-refractivity contribution >= 4 is 23.2 Å². The van der Waals surface area contributed by atoms with Crippen LogP contribution in [0.15, 0.2) is 11.4 Å². The Morgan fingerprint density at radius 2 is 2.18 bits per heavy atom. The smallest absolute Gasteiger partial charge is 0.261 e. The van der Waals surface area contributed by atoms with E-state index in [1.54, 1.807) is 11.4 Å². The molecule has 2 rings (SSSR count). The topological polar surface area (TPSA) is 81.4 Å². The highest BCUT2D eigenvalue weighted by Gasteiger charge is 2.35. The highest BCUT2D eigenvalue weighted by atomic mass is 32.1. The van der Waals surface area contributed by atoms with Crippen molar-refractivity contribution in [2.45, 2.75) is 39.7 Å². The number of carbonyl (C=O) groups is 2. The molecule has 122 valence electrons. The lowest BCUT2D eigenvalue weighted by Crippen LogP contribution is -2.45. The number of ether oxygens (including phenoxy) is 1. The van der Waals surface area contributed by atoms with Crippen molar-refractivity contribution in [1.29, 1.82) is 0 Å². The lowest BCUT2D eigenvalue weighted by Gasteiger charge is -2.40. The minimum Gasteiger partial charge on any atom is -0.377 e. The van der Waals surface area contributed by atoms with E-state index in [2.05, 4.69) is 26.1 Å². The fraction of sp³-hybridized carbons (Fsp3) is 0.625. The summed E-state index contributed by atoms with van der Waals surface area (Å²) in [5.41, 5.74) is 5.64. The molecule has 0 spiro atoms. The number of nitrogens with one attached hydrogen (secondary N) is 1. The van der Waals surface area contributed by atoms with E-state index in [9.17, 15) is 9.59 Å². The zero-order valence-corrected chi connectivity index (χ0v) is 14.2. The van der Waals surface area contributed by atoms with Crippen LogP contribution in [0.5, 0.6) is 0 Å². The van der Waals surface area contributed by atoms with Gasteiger partial charge in [0.25, 0.3) is 5.91 Å². The zero-order chi connectivity index (χ0) is 16.3. The molecule has 0 aromatic carbocycles. The summed E-state index contributed by atoms with van der Waals surface area (Å²) in [5, 5.41) is 4.57. The van der Waals surface area contributed by atoms with Crippen LogP contribution in [0.2, 0.25) is 0 Å². The maximum atomic E-state index is 12.2. The molecule has 2 atom stereocenters. The second kappa shape index (κ2) is 6.79. The van der Waals surface area contributed by atoms with Gasteiger partial charge in [0.05, 0.1) is 16.5 Å². The van der Waals surface area contributed by atoms with Crippen LogP contribution in [0.1, 0.15) is 53.6 Å². The Morgan fingerprint density at radius 3 is 2.77 bits per heavy atom. The second-order valence-electron chi connectivity index (χ2n) is 6.83. The van der Waals surface area contributed by atoms with E-state index in [1.807, 2.05) is 0 Å². The number of thiophene rings is 1. The Bertz CT molecular complexity index is 548. The van der Waals surface area contributed by atoms with Crippen LogP contribution < -0.4 is 11.1 Å². The first-order chi connectivity index (χ1) is 10.3. The van der Waals surface area contributed by atoms with Gasteiger partial charge in [-0.25, -0.2) is 0 Å². The maximum absolute atomic E-state index is 12.2. The highest BCUT2D eigenvalue weighted by Crippen LogP contribution is 2.33. The number of hydrogen-bond acceptors (Lipinski definition) is 4. The van der Waals surface area contributed by atoms with Crippen LogP contribution in [-0.2, 0) is 4.74 Å². The molecule has 0 unspecified atom stereocenters. The van der Waals surface area contributed by atoms with Gasteiger partial charge in [-0.3, -0.25) is 9.59 Å². The molecule has 1 aromatic heterocycles. The van der Waals surface area contributed by atoms with Crippen LogP contribution in [0.25, 0.3) is 0 Å². The molecule has 0 aliphatic carbocycles. The van der Waals surface area contributed by atoms with Gasteiger partial charge in [0.2, 0.25) is 5.91 Å². The Balaban J connectivity index is 1.95. The molecule has 22 heavy (non-hydrogen) atoms. The van der Waals surface area contributed by atoms with Crippen molar-refractivity contribution in [3.8, 4) is 0 Å². The van der Waals surface area contributed by atoms with Gasteiger partial charge in [-0.15, -0.1) is 11.3 Å². The van der Waals surface area contributed by atoms with Crippen molar-refractivity contribution in [3.63, 3.8) is 0 Å². The summed E-state index contributed by atoms with van der Waals surface area (Å²) in [7, 11) is 0. The fourth-order valence-electron chi connectivity index (χ4n) is 2.90. The highest BCUT2D eigenvalue weighted by molar-refractivity contribution is 7.12.